The Morgan fingerprint density at radius 3 is 2.17 bits per heavy atom. The van der Waals surface area contributed by atoms with Crippen molar-refractivity contribution in [2.45, 2.75) is 6.92 Å². The number of hydrogen-bond donors (Lipinski definition) is 0. The molecule has 0 aliphatic rings. The van der Waals surface area contributed by atoms with Gasteiger partial charge in [0.1, 0.15) is 6.29 Å². The van der Waals surface area contributed by atoms with Crippen LogP contribution in [0.1, 0.15) is 8.35 Å². The molecule has 0 bridgehead atoms. The van der Waals surface area contributed by atoms with Gasteiger partial charge in [0.2, 0.25) is 0 Å². The number of carbonyl (C=O) groups is 1. The largest absolute Gasteiger partial charge is 1.00 e. The molecule has 0 aromatic carbocycles. The van der Waals surface area contributed by atoms with Crippen molar-refractivity contribution in [3.63, 3.8) is 0 Å². The van der Waals surface area contributed by atoms with Crippen molar-refractivity contribution in [2.75, 3.05) is 0 Å². The fourth-order valence-electron chi connectivity index (χ4n) is 0.0786. The Morgan fingerprint density at radius 2 is 2.17 bits per heavy atom. The normalized spacial score (nSPS) is 7.50. The molecule has 0 heterocycles. The summed E-state index contributed by atoms with van der Waals surface area (Å²) in [6.07, 6.45) is 3.88. The van der Waals surface area contributed by atoms with Crippen LogP contribution in [0.5, 0.6) is 0 Å². The summed E-state index contributed by atoms with van der Waals surface area (Å²) < 4.78 is 0. The molecule has 0 atom stereocenters. The van der Waals surface area contributed by atoms with Crippen LogP contribution >= 0.6 is 0 Å². The number of allylic oxidation sites excluding steroid dienone is 2. The first-order valence-electron chi connectivity index (χ1n) is 1.48. The number of rotatable bonds is 1. The number of aldehydes is 1. The third kappa shape index (κ3) is 8.99. The molecule has 0 aromatic heterocycles. The van der Waals surface area contributed by atoms with Crippen molar-refractivity contribution >= 4 is 6.29 Å². The van der Waals surface area contributed by atoms with Gasteiger partial charge in [-0.05, 0) is 13.0 Å². The van der Waals surface area contributed by atoms with Crippen molar-refractivity contribution in [1.82, 2.24) is 0 Å². The summed E-state index contributed by atoms with van der Waals surface area (Å²) in [5.74, 6) is 0. The first-order chi connectivity index (χ1) is 2.41. The molecule has 0 aliphatic carbocycles. The van der Waals surface area contributed by atoms with Crippen LogP contribution < -0.4 is 18.9 Å². The molecule has 0 fully saturated rings. The first kappa shape index (κ1) is 9.38. The summed E-state index contributed by atoms with van der Waals surface area (Å²) in [7, 11) is 0. The summed E-state index contributed by atoms with van der Waals surface area (Å²) in [5.41, 5.74) is 0. The zero-order valence-electron chi connectivity index (χ0n) is 5.14. The standard InChI is InChI=1S/C4H6O.Li.H/c1-2-3-4-5;;/h2-4H,1H3;;/q;+1;-1. The van der Waals surface area contributed by atoms with E-state index in [4.69, 9.17) is 0 Å². The molecule has 1 nitrogen and oxygen atoms in total. The van der Waals surface area contributed by atoms with Gasteiger partial charge in [-0.2, -0.15) is 0 Å². The maximum absolute atomic E-state index is 9.32. The second-order valence-corrected chi connectivity index (χ2v) is 0.662. The molecule has 0 unspecified atom stereocenters. The van der Waals surface area contributed by atoms with Crippen LogP contribution in [-0.4, -0.2) is 6.29 Å². The van der Waals surface area contributed by atoms with Gasteiger partial charge in [-0.3, -0.25) is 4.79 Å². The Balaban J connectivity index is -0.0000000800. The molecule has 0 saturated carbocycles. The monoisotopic (exact) mass is 78.1 g/mol. The molecule has 0 N–H and O–H groups in total. The van der Waals surface area contributed by atoms with E-state index in [1.54, 1.807) is 13.0 Å². The van der Waals surface area contributed by atoms with Crippen LogP contribution in [0.25, 0.3) is 0 Å². The average Bonchev–Trinajstić information content (AvgIpc) is 1.41. The molecule has 6 heavy (non-hydrogen) atoms. The third-order valence-corrected chi connectivity index (χ3v) is 0.271. The summed E-state index contributed by atoms with van der Waals surface area (Å²) in [6.45, 7) is 1.80. The van der Waals surface area contributed by atoms with E-state index in [0.717, 1.165) is 6.29 Å². The fraction of sp³-hybridized carbons (Fsp3) is 0.250. The number of carbonyl (C=O) groups excluding carboxylic acids is 1. The minimum Gasteiger partial charge on any atom is -1.00 e. The van der Waals surface area contributed by atoms with Crippen LogP contribution in [0.3, 0.4) is 0 Å². The summed E-state index contributed by atoms with van der Waals surface area (Å²) in [5, 5.41) is 0. The van der Waals surface area contributed by atoms with Crippen LogP contribution in [0.15, 0.2) is 12.2 Å². The van der Waals surface area contributed by atoms with Crippen LogP contribution in [0.2, 0.25) is 0 Å². The molecular weight excluding hydrogens is 71.0 g/mol. The van der Waals surface area contributed by atoms with Gasteiger partial charge in [0.15, 0.2) is 0 Å². The topological polar surface area (TPSA) is 17.1 Å². The average molecular weight is 78.0 g/mol. The van der Waals surface area contributed by atoms with Gasteiger partial charge in [-0.1, -0.05) is 6.08 Å². The van der Waals surface area contributed by atoms with Crippen molar-refractivity contribution < 1.29 is 25.1 Å². The molecule has 2 heteroatoms. The molecule has 0 radical (unpaired) electrons. The minimum absolute atomic E-state index is 0. The van der Waals surface area contributed by atoms with E-state index in [2.05, 4.69) is 0 Å². The molecule has 0 saturated heterocycles. The Kier molecular flexibility index (Phi) is 13.9. The van der Waals surface area contributed by atoms with Gasteiger partial charge >= 0.3 is 18.9 Å². The van der Waals surface area contributed by atoms with Crippen LogP contribution in [-0.2, 0) is 4.79 Å². The maximum Gasteiger partial charge on any atom is 1.00 e. The van der Waals surface area contributed by atoms with Crippen molar-refractivity contribution in [1.29, 1.82) is 0 Å². The van der Waals surface area contributed by atoms with E-state index in [1.165, 1.54) is 6.08 Å². The Morgan fingerprint density at radius 1 is 1.67 bits per heavy atom. The molecule has 0 spiro atoms. The van der Waals surface area contributed by atoms with Gasteiger partial charge in [0.25, 0.3) is 0 Å². The molecule has 0 amide bonds. The second kappa shape index (κ2) is 8.89. The van der Waals surface area contributed by atoms with Crippen LogP contribution in [0.4, 0.5) is 0 Å². The van der Waals surface area contributed by atoms with E-state index < -0.39 is 0 Å². The minimum atomic E-state index is 0. The predicted octanol–water partition coefficient (Wildman–Crippen LogP) is -2.12. The molecular formula is C4H7LiO. The zero-order valence-corrected chi connectivity index (χ0v) is 4.14. The molecule has 0 aliphatic heterocycles. The Labute approximate surface area is 51.1 Å². The Hall–Kier alpha value is 0.00740. The Bertz CT molecular complexity index is 53.7. The van der Waals surface area contributed by atoms with E-state index in [-0.39, 0.29) is 20.3 Å². The summed E-state index contributed by atoms with van der Waals surface area (Å²) in [6, 6.07) is 0. The smallest absolute Gasteiger partial charge is 1.00 e. The third-order valence-electron chi connectivity index (χ3n) is 0.271. The first-order valence-corrected chi connectivity index (χ1v) is 1.48. The van der Waals surface area contributed by atoms with E-state index in [9.17, 15) is 4.79 Å². The zero-order chi connectivity index (χ0) is 4.12. The van der Waals surface area contributed by atoms with Crippen LogP contribution in [0, 0.1) is 0 Å². The van der Waals surface area contributed by atoms with E-state index in [0.29, 0.717) is 0 Å². The SMILES string of the molecule is CC=CC=O.[H-].[Li+]. The molecule has 0 aromatic rings. The maximum atomic E-state index is 9.32. The van der Waals surface area contributed by atoms with Gasteiger partial charge in [-0.15, -0.1) is 0 Å². The van der Waals surface area contributed by atoms with Crippen molar-refractivity contribution in [2.24, 2.45) is 0 Å². The van der Waals surface area contributed by atoms with Gasteiger partial charge in [0.05, 0.1) is 0 Å². The van der Waals surface area contributed by atoms with Gasteiger partial charge < -0.3 is 1.43 Å². The molecule has 30 valence electrons. The van der Waals surface area contributed by atoms with E-state index >= 15 is 0 Å². The van der Waals surface area contributed by atoms with Crippen molar-refractivity contribution in [3.05, 3.63) is 12.2 Å². The molecule has 0 rings (SSSR count). The van der Waals surface area contributed by atoms with E-state index in [1.807, 2.05) is 0 Å². The van der Waals surface area contributed by atoms with Gasteiger partial charge in [0, 0.05) is 0 Å². The summed E-state index contributed by atoms with van der Waals surface area (Å²) in [4.78, 5) is 9.32. The predicted molar refractivity (Wildman–Crippen MR) is 22.0 cm³/mol. The second-order valence-electron chi connectivity index (χ2n) is 0.662. The number of hydrogen-bond acceptors (Lipinski definition) is 1. The summed E-state index contributed by atoms with van der Waals surface area (Å²) >= 11 is 0. The fourth-order valence-corrected chi connectivity index (χ4v) is 0.0786. The van der Waals surface area contributed by atoms with Gasteiger partial charge in [-0.25, -0.2) is 0 Å². The van der Waals surface area contributed by atoms with Crippen molar-refractivity contribution in [3.8, 4) is 0 Å². The quantitative estimate of drug-likeness (QED) is 0.199.